The van der Waals surface area contributed by atoms with Crippen molar-refractivity contribution >= 4 is 0 Å². The van der Waals surface area contributed by atoms with Gasteiger partial charge in [0, 0.05) is 12.0 Å². The zero-order valence-corrected chi connectivity index (χ0v) is 10.6. The highest BCUT2D eigenvalue weighted by Gasteiger charge is 2.35. The van der Waals surface area contributed by atoms with Gasteiger partial charge in [-0.05, 0) is 44.0 Å². The van der Waals surface area contributed by atoms with Crippen molar-refractivity contribution in [2.45, 2.75) is 25.2 Å². The molecule has 4 heteroatoms. The van der Waals surface area contributed by atoms with Gasteiger partial charge < -0.3 is 10.1 Å². The predicted octanol–water partition coefficient (Wildman–Crippen LogP) is 3.18. The van der Waals surface area contributed by atoms with Crippen molar-refractivity contribution in [1.82, 2.24) is 5.32 Å². The molecule has 1 aromatic rings. The largest absolute Gasteiger partial charge is 0.497 e. The van der Waals surface area contributed by atoms with Gasteiger partial charge in [0.2, 0.25) is 0 Å². The lowest BCUT2D eigenvalue weighted by atomic mass is 9.90. The van der Waals surface area contributed by atoms with Crippen molar-refractivity contribution in [3.63, 3.8) is 0 Å². The molecule has 0 aromatic heterocycles. The summed E-state index contributed by atoms with van der Waals surface area (Å²) in [7, 11) is 1.49. The molecule has 1 aromatic carbocycles. The van der Waals surface area contributed by atoms with Gasteiger partial charge in [0.15, 0.2) is 0 Å². The number of rotatable bonds is 4. The van der Waals surface area contributed by atoms with E-state index in [1.165, 1.54) is 19.2 Å². The first-order valence-corrected chi connectivity index (χ1v) is 6.35. The van der Waals surface area contributed by atoms with Gasteiger partial charge in [-0.15, -0.1) is 0 Å². The van der Waals surface area contributed by atoms with Crippen LogP contribution in [0.25, 0.3) is 0 Å². The number of hydrogen-bond donors (Lipinski definition) is 1. The quantitative estimate of drug-likeness (QED) is 0.892. The first-order chi connectivity index (χ1) is 8.62. The molecule has 0 bridgehead atoms. The Kier molecular flexibility index (Phi) is 4.17. The summed E-state index contributed by atoms with van der Waals surface area (Å²) in [5, 5.41) is 3.17. The van der Waals surface area contributed by atoms with Crippen LogP contribution in [0.2, 0.25) is 0 Å². The highest BCUT2D eigenvalue weighted by Crippen LogP contribution is 2.37. The molecule has 0 spiro atoms. The third-order valence-electron chi connectivity index (χ3n) is 3.44. The van der Waals surface area contributed by atoms with Gasteiger partial charge >= 0.3 is 0 Å². The van der Waals surface area contributed by atoms with E-state index in [1.54, 1.807) is 12.1 Å². The Morgan fingerprint density at radius 2 is 2.28 bits per heavy atom. The van der Waals surface area contributed by atoms with Crippen LogP contribution >= 0.6 is 0 Å². The fourth-order valence-electron chi connectivity index (χ4n) is 2.43. The van der Waals surface area contributed by atoms with Gasteiger partial charge in [0.1, 0.15) is 5.75 Å². The highest BCUT2D eigenvalue weighted by molar-refractivity contribution is 5.31. The fraction of sp³-hybridized carbons (Fsp3) is 0.571. The molecule has 1 heterocycles. The number of hydrogen-bond acceptors (Lipinski definition) is 2. The van der Waals surface area contributed by atoms with Crippen LogP contribution in [0.15, 0.2) is 24.3 Å². The van der Waals surface area contributed by atoms with Crippen LogP contribution in [-0.4, -0.2) is 20.2 Å². The normalized spacial score (nSPS) is 20.7. The van der Waals surface area contributed by atoms with E-state index in [1.807, 2.05) is 0 Å². The van der Waals surface area contributed by atoms with Gasteiger partial charge in [-0.2, -0.15) is 0 Å². The van der Waals surface area contributed by atoms with Crippen molar-refractivity contribution in [3.05, 3.63) is 29.8 Å². The maximum atomic E-state index is 14.2. The molecule has 0 amide bonds. The minimum absolute atomic E-state index is 0.0485. The topological polar surface area (TPSA) is 21.3 Å². The number of nitrogens with one attached hydrogen (secondary N) is 1. The Bertz CT molecular complexity index is 389. The van der Waals surface area contributed by atoms with Gasteiger partial charge in [-0.3, -0.25) is 0 Å². The number of alkyl halides is 2. The van der Waals surface area contributed by atoms with E-state index in [9.17, 15) is 8.78 Å². The SMILES string of the molecule is COc1cccc(C(F)(F)CC2CCCNC2)c1. The Labute approximate surface area is 106 Å². The zero-order chi connectivity index (χ0) is 13.0. The molecule has 1 atom stereocenters. The first-order valence-electron chi connectivity index (χ1n) is 6.35. The maximum absolute atomic E-state index is 14.2. The van der Waals surface area contributed by atoms with Crippen LogP contribution < -0.4 is 10.1 Å². The van der Waals surface area contributed by atoms with Crippen LogP contribution in [0.3, 0.4) is 0 Å². The molecule has 2 nitrogen and oxygen atoms in total. The van der Waals surface area contributed by atoms with E-state index in [4.69, 9.17) is 4.74 Å². The number of halogens is 2. The standard InChI is InChI=1S/C14H19F2NO/c1-18-13-6-2-5-12(8-13)14(15,16)9-11-4-3-7-17-10-11/h2,5-6,8,11,17H,3-4,7,9-10H2,1H3. The molecule has 100 valence electrons. The first kappa shape index (κ1) is 13.3. The zero-order valence-electron chi connectivity index (χ0n) is 10.6. The molecule has 2 rings (SSSR count). The summed E-state index contributed by atoms with van der Waals surface area (Å²) in [6, 6.07) is 6.19. The summed E-state index contributed by atoms with van der Waals surface area (Å²) in [5.74, 6) is -2.24. The number of piperidine rings is 1. The van der Waals surface area contributed by atoms with E-state index in [-0.39, 0.29) is 17.9 Å². The van der Waals surface area contributed by atoms with Crippen molar-refractivity contribution in [1.29, 1.82) is 0 Å². The second kappa shape index (κ2) is 5.65. The molecule has 1 aliphatic heterocycles. The average Bonchev–Trinajstić information content (AvgIpc) is 2.39. The van der Waals surface area contributed by atoms with E-state index < -0.39 is 5.92 Å². The third-order valence-corrected chi connectivity index (χ3v) is 3.44. The van der Waals surface area contributed by atoms with Gasteiger partial charge in [-0.1, -0.05) is 12.1 Å². The van der Waals surface area contributed by atoms with Gasteiger partial charge in [0.25, 0.3) is 5.92 Å². The second-order valence-electron chi connectivity index (χ2n) is 4.85. The Hall–Kier alpha value is -1.16. The minimum Gasteiger partial charge on any atom is -0.497 e. The lowest BCUT2D eigenvalue weighted by Gasteiger charge is -2.27. The molecular weight excluding hydrogens is 236 g/mol. The molecule has 1 N–H and O–H groups in total. The van der Waals surface area contributed by atoms with E-state index >= 15 is 0 Å². The molecule has 18 heavy (non-hydrogen) atoms. The maximum Gasteiger partial charge on any atom is 0.273 e. The molecular formula is C14H19F2NO. The summed E-state index contributed by atoms with van der Waals surface area (Å²) < 4.78 is 33.3. The molecule has 0 aliphatic carbocycles. The van der Waals surface area contributed by atoms with E-state index in [0.717, 1.165) is 19.4 Å². The molecule has 1 unspecified atom stereocenters. The van der Waals surface area contributed by atoms with Crippen LogP contribution in [0.1, 0.15) is 24.8 Å². The summed E-state index contributed by atoms with van der Waals surface area (Å²) in [6.45, 7) is 1.64. The summed E-state index contributed by atoms with van der Waals surface area (Å²) in [4.78, 5) is 0. The smallest absolute Gasteiger partial charge is 0.273 e. The number of methoxy groups -OCH3 is 1. The van der Waals surface area contributed by atoms with Crippen LogP contribution in [-0.2, 0) is 5.92 Å². The molecule has 0 radical (unpaired) electrons. The summed E-state index contributed by atoms with van der Waals surface area (Å²) in [6.07, 6.45) is 1.78. The van der Waals surface area contributed by atoms with E-state index in [0.29, 0.717) is 12.3 Å². The van der Waals surface area contributed by atoms with Gasteiger partial charge in [0.05, 0.1) is 7.11 Å². The van der Waals surface area contributed by atoms with Crippen molar-refractivity contribution in [2.24, 2.45) is 5.92 Å². The average molecular weight is 255 g/mol. The summed E-state index contributed by atoms with van der Waals surface area (Å²) in [5.41, 5.74) is 0.0485. The Morgan fingerprint density at radius 1 is 1.44 bits per heavy atom. The fourth-order valence-corrected chi connectivity index (χ4v) is 2.43. The summed E-state index contributed by atoms with van der Waals surface area (Å²) >= 11 is 0. The third kappa shape index (κ3) is 3.19. The van der Waals surface area contributed by atoms with E-state index in [2.05, 4.69) is 5.32 Å². The Balaban J connectivity index is 2.08. The molecule has 1 fully saturated rings. The van der Waals surface area contributed by atoms with Crippen molar-refractivity contribution in [2.75, 3.05) is 20.2 Å². The molecule has 1 saturated heterocycles. The van der Waals surface area contributed by atoms with Gasteiger partial charge in [-0.25, -0.2) is 8.78 Å². The predicted molar refractivity (Wildman–Crippen MR) is 67.1 cm³/mol. The van der Waals surface area contributed by atoms with Crippen LogP contribution in [0.5, 0.6) is 5.75 Å². The van der Waals surface area contributed by atoms with Crippen LogP contribution in [0, 0.1) is 5.92 Å². The lowest BCUT2D eigenvalue weighted by molar-refractivity contribution is -0.0319. The monoisotopic (exact) mass is 255 g/mol. The minimum atomic E-state index is -2.78. The second-order valence-corrected chi connectivity index (χ2v) is 4.85. The number of ether oxygens (including phenoxy) is 1. The molecule has 0 saturated carbocycles. The molecule has 1 aliphatic rings. The Morgan fingerprint density at radius 3 is 2.94 bits per heavy atom. The van der Waals surface area contributed by atoms with Crippen molar-refractivity contribution < 1.29 is 13.5 Å². The lowest BCUT2D eigenvalue weighted by Crippen LogP contribution is -2.33. The van der Waals surface area contributed by atoms with Crippen molar-refractivity contribution in [3.8, 4) is 5.75 Å². The highest BCUT2D eigenvalue weighted by atomic mass is 19.3. The van der Waals surface area contributed by atoms with Crippen LogP contribution in [0.4, 0.5) is 8.78 Å². The number of benzene rings is 1.